The summed E-state index contributed by atoms with van der Waals surface area (Å²) in [6.45, 7) is 4.41. The highest BCUT2D eigenvalue weighted by Crippen LogP contribution is 2.29. The smallest absolute Gasteiger partial charge is 0.186 e. The van der Waals surface area contributed by atoms with E-state index in [1.807, 2.05) is 32.8 Å². The van der Waals surface area contributed by atoms with Gasteiger partial charge < -0.3 is 10.2 Å². The van der Waals surface area contributed by atoms with Crippen LogP contribution >= 0.6 is 22.9 Å². The Balaban J connectivity index is 1.76. The average Bonchev–Trinajstić information content (AvgIpc) is 3.16. The molecule has 0 aliphatic rings. The molecule has 0 aliphatic carbocycles. The predicted molar refractivity (Wildman–Crippen MR) is 105 cm³/mol. The Bertz CT molecular complexity index is 953. The highest BCUT2D eigenvalue weighted by molar-refractivity contribution is 7.16. The van der Waals surface area contributed by atoms with Crippen LogP contribution in [0.5, 0.6) is 0 Å². The lowest BCUT2D eigenvalue weighted by Gasteiger charge is -2.14. The summed E-state index contributed by atoms with van der Waals surface area (Å²) in [5.74, 6) is -1.27. The van der Waals surface area contributed by atoms with Gasteiger partial charge in [0.2, 0.25) is 0 Å². The molecule has 1 atom stereocenters. The first-order chi connectivity index (χ1) is 12.8. The molecule has 1 unspecified atom stereocenters. The van der Waals surface area contributed by atoms with Gasteiger partial charge in [0.15, 0.2) is 10.9 Å². The van der Waals surface area contributed by atoms with Gasteiger partial charge in [0.05, 0.1) is 11.1 Å². The molecule has 0 saturated carbocycles. The zero-order valence-electron chi connectivity index (χ0n) is 15.4. The first-order valence-corrected chi connectivity index (χ1v) is 9.53. The Morgan fingerprint density at radius 1 is 1.33 bits per heavy atom. The number of aromatic nitrogens is 3. The normalized spacial score (nSPS) is 12.4. The van der Waals surface area contributed by atoms with E-state index in [4.69, 9.17) is 11.6 Å². The topological polar surface area (TPSA) is 46.0 Å². The molecule has 0 bridgehead atoms. The van der Waals surface area contributed by atoms with Crippen LogP contribution in [0.15, 0.2) is 24.4 Å². The molecule has 0 amide bonds. The van der Waals surface area contributed by atoms with Gasteiger partial charge in [-0.15, -0.1) is 0 Å². The van der Waals surface area contributed by atoms with Crippen molar-refractivity contribution in [2.45, 2.75) is 26.4 Å². The maximum atomic E-state index is 14.1. The molecule has 9 heteroatoms. The largest absolute Gasteiger partial charge is 0.354 e. The minimum Gasteiger partial charge on any atom is -0.354 e. The van der Waals surface area contributed by atoms with Crippen LogP contribution in [0, 0.1) is 18.6 Å². The van der Waals surface area contributed by atoms with Crippen LogP contribution in [0.4, 0.5) is 13.9 Å². The van der Waals surface area contributed by atoms with Crippen molar-refractivity contribution in [2.24, 2.45) is 0 Å². The van der Waals surface area contributed by atoms with E-state index in [1.165, 1.54) is 28.2 Å². The van der Waals surface area contributed by atoms with E-state index in [0.717, 1.165) is 27.3 Å². The Kier molecular flexibility index (Phi) is 5.78. The van der Waals surface area contributed by atoms with Crippen molar-refractivity contribution in [3.8, 4) is 5.69 Å². The Hall–Kier alpha value is -2.03. The van der Waals surface area contributed by atoms with Gasteiger partial charge >= 0.3 is 0 Å². The Labute approximate surface area is 165 Å². The summed E-state index contributed by atoms with van der Waals surface area (Å²) in [7, 11) is 3.84. The van der Waals surface area contributed by atoms with E-state index >= 15 is 0 Å². The van der Waals surface area contributed by atoms with Crippen molar-refractivity contribution in [3.63, 3.8) is 0 Å². The predicted octanol–water partition coefficient (Wildman–Crippen LogP) is 4.49. The van der Waals surface area contributed by atoms with Crippen molar-refractivity contribution >= 4 is 28.1 Å². The first-order valence-electron chi connectivity index (χ1n) is 8.33. The van der Waals surface area contributed by atoms with E-state index in [1.54, 1.807) is 6.20 Å². The molecule has 2 heterocycles. The summed E-state index contributed by atoms with van der Waals surface area (Å²) in [5.41, 5.74) is 1.92. The van der Waals surface area contributed by atoms with E-state index in [9.17, 15) is 8.78 Å². The highest BCUT2D eigenvalue weighted by atomic mass is 35.5. The molecule has 0 radical (unpaired) electrons. The quantitative estimate of drug-likeness (QED) is 0.649. The number of hydrogen-bond acceptors (Lipinski definition) is 5. The zero-order chi connectivity index (χ0) is 19.7. The molecule has 0 aliphatic heterocycles. The summed E-state index contributed by atoms with van der Waals surface area (Å²) in [6, 6.07) is 3.41. The molecule has 0 fully saturated rings. The lowest BCUT2D eigenvalue weighted by atomic mass is 10.1. The van der Waals surface area contributed by atoms with Gasteiger partial charge in [-0.05, 0) is 26.0 Å². The third-order valence-electron chi connectivity index (χ3n) is 4.24. The molecular formula is C18H20ClF2N5S. The molecule has 3 rings (SSSR count). The van der Waals surface area contributed by atoms with Gasteiger partial charge in [0, 0.05) is 44.0 Å². The SMILES string of the molecule is Cc1c(C(C)NCc2sc(N(C)C)nc2Cl)cnn1-c1ccc(F)cc1F. The minimum atomic E-state index is -0.652. The summed E-state index contributed by atoms with van der Waals surface area (Å²) >= 11 is 7.74. The van der Waals surface area contributed by atoms with Crippen molar-refractivity contribution in [1.29, 1.82) is 0 Å². The molecule has 144 valence electrons. The summed E-state index contributed by atoms with van der Waals surface area (Å²) in [4.78, 5) is 7.18. The van der Waals surface area contributed by atoms with Crippen molar-refractivity contribution < 1.29 is 8.78 Å². The summed E-state index contributed by atoms with van der Waals surface area (Å²) in [5, 5.41) is 9.00. The number of anilines is 1. The maximum Gasteiger partial charge on any atom is 0.186 e. The number of hydrogen-bond donors (Lipinski definition) is 1. The lowest BCUT2D eigenvalue weighted by Crippen LogP contribution is -2.18. The van der Waals surface area contributed by atoms with Gasteiger partial charge in [-0.25, -0.2) is 18.4 Å². The van der Waals surface area contributed by atoms with Crippen LogP contribution in [0.25, 0.3) is 5.69 Å². The van der Waals surface area contributed by atoms with Crippen LogP contribution in [0.2, 0.25) is 5.15 Å². The molecule has 1 N–H and O–H groups in total. The zero-order valence-corrected chi connectivity index (χ0v) is 17.0. The van der Waals surface area contributed by atoms with Crippen LogP contribution in [-0.4, -0.2) is 28.9 Å². The maximum absolute atomic E-state index is 14.1. The van der Waals surface area contributed by atoms with Gasteiger partial charge in [0.25, 0.3) is 0 Å². The number of halogens is 3. The first kappa shape index (κ1) is 19.7. The molecule has 0 saturated heterocycles. The summed E-state index contributed by atoms with van der Waals surface area (Å²) in [6.07, 6.45) is 1.69. The number of nitrogens with one attached hydrogen (secondary N) is 1. The second kappa shape index (κ2) is 7.92. The summed E-state index contributed by atoms with van der Waals surface area (Å²) < 4.78 is 28.7. The fourth-order valence-electron chi connectivity index (χ4n) is 2.72. The second-order valence-electron chi connectivity index (χ2n) is 6.40. The van der Waals surface area contributed by atoms with Gasteiger partial charge in [-0.3, -0.25) is 0 Å². The van der Waals surface area contributed by atoms with Gasteiger partial charge in [-0.2, -0.15) is 5.10 Å². The number of benzene rings is 1. The van der Waals surface area contributed by atoms with Gasteiger partial charge in [0.1, 0.15) is 16.7 Å². The standard InChI is InChI=1S/C18H20ClF2N5S/c1-10(22-9-16-17(19)24-18(27-16)25(3)4)13-8-23-26(11(13)2)15-6-5-12(20)7-14(15)21/h5-8,10,22H,9H2,1-4H3. The third kappa shape index (κ3) is 4.12. The van der Waals surface area contributed by atoms with Crippen molar-refractivity contribution in [2.75, 3.05) is 19.0 Å². The van der Waals surface area contributed by atoms with Crippen LogP contribution in [-0.2, 0) is 6.54 Å². The number of rotatable bonds is 6. The molecule has 27 heavy (non-hydrogen) atoms. The highest BCUT2D eigenvalue weighted by Gasteiger charge is 2.18. The molecule has 1 aromatic carbocycles. The monoisotopic (exact) mass is 411 g/mol. The lowest BCUT2D eigenvalue weighted by molar-refractivity contribution is 0.568. The fourth-order valence-corrected chi connectivity index (χ4v) is 3.86. The Morgan fingerprint density at radius 2 is 2.07 bits per heavy atom. The second-order valence-corrected chi connectivity index (χ2v) is 7.82. The molecule has 5 nitrogen and oxygen atoms in total. The van der Waals surface area contributed by atoms with E-state index in [-0.39, 0.29) is 11.7 Å². The minimum absolute atomic E-state index is 0.0387. The number of thiazole rings is 1. The van der Waals surface area contributed by atoms with Crippen molar-refractivity contribution in [1.82, 2.24) is 20.1 Å². The average molecular weight is 412 g/mol. The van der Waals surface area contributed by atoms with Crippen LogP contribution in [0.1, 0.15) is 29.1 Å². The molecule has 0 spiro atoms. The van der Waals surface area contributed by atoms with E-state index < -0.39 is 11.6 Å². The number of nitrogens with zero attached hydrogens (tertiary/aromatic N) is 4. The Morgan fingerprint density at radius 3 is 2.70 bits per heavy atom. The van der Waals surface area contributed by atoms with Crippen LogP contribution < -0.4 is 10.2 Å². The van der Waals surface area contributed by atoms with Crippen molar-refractivity contribution in [3.05, 3.63) is 57.3 Å². The van der Waals surface area contributed by atoms with E-state index in [2.05, 4.69) is 15.4 Å². The molecule has 3 aromatic rings. The molecular weight excluding hydrogens is 392 g/mol. The molecule has 2 aromatic heterocycles. The van der Waals surface area contributed by atoms with Crippen LogP contribution in [0.3, 0.4) is 0 Å². The third-order valence-corrected chi connectivity index (χ3v) is 5.89. The van der Waals surface area contributed by atoms with Gasteiger partial charge in [-0.1, -0.05) is 22.9 Å². The van der Waals surface area contributed by atoms with E-state index in [0.29, 0.717) is 11.7 Å². The fraction of sp³-hybridized carbons (Fsp3) is 0.333.